The number of hydrogen-bond acceptors (Lipinski definition) is 4. The standard InChI is InChI=1S/C34H40ClN5/c1-6-39(7-2)19-11-14-25(5)36-33-28-17-9-13-24(4)31(28)37-34(38-33)29-22-40(21-26-15-8-12-23(3)20-26)32-27(29)16-10-18-30(32)35/h8-10,12-13,15-18,20,22,25H,6-7,11,14,19,21H2,1-5H3,(H,36,37,38). The average molecular weight is 554 g/mol. The fourth-order valence-corrected chi connectivity index (χ4v) is 5.90. The van der Waals surface area contributed by atoms with E-state index in [-0.39, 0.29) is 0 Å². The van der Waals surface area contributed by atoms with Crippen LogP contribution in [0.25, 0.3) is 33.2 Å². The molecular formula is C34H40ClN5. The largest absolute Gasteiger partial charge is 0.367 e. The molecule has 2 heterocycles. The summed E-state index contributed by atoms with van der Waals surface area (Å²) in [4.78, 5) is 12.8. The van der Waals surface area contributed by atoms with E-state index in [0.29, 0.717) is 6.04 Å². The molecule has 0 aliphatic rings. The van der Waals surface area contributed by atoms with Crippen LogP contribution in [0.4, 0.5) is 5.82 Å². The SMILES string of the molecule is CCN(CC)CCCC(C)Nc1nc(-c2cn(Cc3cccc(C)c3)c3c(Cl)cccc23)nc2c(C)cccc12. The maximum absolute atomic E-state index is 6.80. The van der Waals surface area contributed by atoms with Crippen LogP contribution >= 0.6 is 11.6 Å². The molecule has 40 heavy (non-hydrogen) atoms. The highest BCUT2D eigenvalue weighted by atomic mass is 35.5. The van der Waals surface area contributed by atoms with E-state index in [9.17, 15) is 0 Å². The van der Waals surface area contributed by atoms with E-state index in [4.69, 9.17) is 21.6 Å². The van der Waals surface area contributed by atoms with Gasteiger partial charge < -0.3 is 14.8 Å². The van der Waals surface area contributed by atoms with E-state index >= 15 is 0 Å². The molecule has 1 unspecified atom stereocenters. The van der Waals surface area contributed by atoms with Gasteiger partial charge in [0.1, 0.15) is 5.82 Å². The lowest BCUT2D eigenvalue weighted by Gasteiger charge is -2.21. The molecule has 0 spiro atoms. The molecule has 208 valence electrons. The number of rotatable bonds is 11. The van der Waals surface area contributed by atoms with Gasteiger partial charge in [0.15, 0.2) is 5.82 Å². The number of aryl methyl sites for hydroxylation is 2. The van der Waals surface area contributed by atoms with Gasteiger partial charge in [-0.25, -0.2) is 9.97 Å². The van der Waals surface area contributed by atoms with Gasteiger partial charge in [0.2, 0.25) is 0 Å². The summed E-state index contributed by atoms with van der Waals surface area (Å²) in [6.07, 6.45) is 4.39. The molecule has 5 aromatic rings. The van der Waals surface area contributed by atoms with Crippen LogP contribution in [-0.4, -0.2) is 45.1 Å². The number of halogens is 1. The minimum absolute atomic E-state index is 0.291. The number of para-hydroxylation sites is 2. The third-order valence-electron chi connectivity index (χ3n) is 7.84. The molecule has 0 amide bonds. The quantitative estimate of drug-likeness (QED) is 0.178. The third kappa shape index (κ3) is 6.01. The van der Waals surface area contributed by atoms with Gasteiger partial charge in [0, 0.05) is 35.1 Å². The molecule has 0 saturated carbocycles. The number of nitrogens with zero attached hydrogens (tertiary/aromatic N) is 4. The molecule has 1 N–H and O–H groups in total. The first-order valence-electron chi connectivity index (χ1n) is 14.5. The number of fused-ring (bicyclic) bond motifs is 2. The van der Waals surface area contributed by atoms with Gasteiger partial charge in [-0.2, -0.15) is 0 Å². The van der Waals surface area contributed by atoms with Gasteiger partial charge in [-0.1, -0.05) is 79.5 Å². The van der Waals surface area contributed by atoms with Gasteiger partial charge in [0.25, 0.3) is 0 Å². The Balaban J connectivity index is 1.55. The first-order chi connectivity index (χ1) is 19.4. The highest BCUT2D eigenvalue weighted by Crippen LogP contribution is 2.36. The summed E-state index contributed by atoms with van der Waals surface area (Å²) in [5.41, 5.74) is 6.60. The summed E-state index contributed by atoms with van der Waals surface area (Å²) in [7, 11) is 0. The van der Waals surface area contributed by atoms with E-state index in [2.05, 4.69) is 104 Å². The summed E-state index contributed by atoms with van der Waals surface area (Å²) < 4.78 is 2.23. The number of anilines is 1. The predicted molar refractivity (Wildman–Crippen MR) is 171 cm³/mol. The minimum atomic E-state index is 0.291. The predicted octanol–water partition coefficient (Wildman–Crippen LogP) is 8.49. The zero-order valence-corrected chi connectivity index (χ0v) is 25.1. The maximum atomic E-state index is 6.80. The highest BCUT2D eigenvalue weighted by molar-refractivity contribution is 6.35. The fraction of sp³-hybridized carbons (Fsp3) is 0.353. The molecule has 0 aliphatic heterocycles. The highest BCUT2D eigenvalue weighted by Gasteiger charge is 2.19. The number of benzene rings is 3. The zero-order valence-electron chi connectivity index (χ0n) is 24.3. The third-order valence-corrected chi connectivity index (χ3v) is 8.15. The van der Waals surface area contributed by atoms with Gasteiger partial charge in [0.05, 0.1) is 16.1 Å². The molecule has 0 fully saturated rings. The zero-order chi connectivity index (χ0) is 28.2. The van der Waals surface area contributed by atoms with Crippen LogP contribution in [0.2, 0.25) is 5.02 Å². The van der Waals surface area contributed by atoms with Crippen LogP contribution in [0.15, 0.2) is 66.9 Å². The molecular weight excluding hydrogens is 514 g/mol. The van der Waals surface area contributed by atoms with Crippen molar-refractivity contribution >= 4 is 39.2 Å². The Bertz CT molecular complexity index is 1620. The first-order valence-corrected chi connectivity index (χ1v) is 14.8. The second-order valence-corrected chi connectivity index (χ2v) is 11.3. The lowest BCUT2D eigenvalue weighted by molar-refractivity contribution is 0.295. The molecule has 1 atom stereocenters. The number of hydrogen-bond donors (Lipinski definition) is 1. The Kier molecular flexibility index (Phi) is 8.72. The van der Waals surface area contributed by atoms with Gasteiger partial charge >= 0.3 is 0 Å². The van der Waals surface area contributed by atoms with E-state index in [1.807, 2.05) is 12.1 Å². The monoisotopic (exact) mass is 553 g/mol. The van der Waals surface area contributed by atoms with E-state index < -0.39 is 0 Å². The minimum Gasteiger partial charge on any atom is -0.367 e. The molecule has 2 aromatic heterocycles. The Hall–Kier alpha value is -3.41. The number of nitrogens with one attached hydrogen (secondary N) is 1. The van der Waals surface area contributed by atoms with Crippen molar-refractivity contribution in [2.75, 3.05) is 25.0 Å². The lowest BCUT2D eigenvalue weighted by atomic mass is 10.1. The normalized spacial score (nSPS) is 12.5. The van der Waals surface area contributed by atoms with Crippen molar-refractivity contribution in [3.05, 3.63) is 88.6 Å². The summed E-state index contributed by atoms with van der Waals surface area (Å²) in [5, 5.41) is 6.59. The molecule has 0 saturated heterocycles. The van der Waals surface area contributed by atoms with Crippen molar-refractivity contribution in [1.82, 2.24) is 19.4 Å². The molecule has 3 aromatic carbocycles. The molecule has 5 nitrogen and oxygen atoms in total. The summed E-state index contributed by atoms with van der Waals surface area (Å²) in [6, 6.07) is 21.3. The Labute approximate surface area is 243 Å². The van der Waals surface area contributed by atoms with Gasteiger partial charge in [-0.15, -0.1) is 0 Å². The Morgan fingerprint density at radius 3 is 2.48 bits per heavy atom. The second-order valence-electron chi connectivity index (χ2n) is 10.9. The van der Waals surface area contributed by atoms with E-state index in [1.165, 1.54) is 11.1 Å². The smallest absolute Gasteiger partial charge is 0.164 e. The van der Waals surface area contributed by atoms with Crippen molar-refractivity contribution < 1.29 is 0 Å². The summed E-state index contributed by atoms with van der Waals surface area (Å²) in [5.74, 6) is 1.61. The molecule has 0 aliphatic carbocycles. The van der Waals surface area contributed by atoms with Crippen molar-refractivity contribution in [1.29, 1.82) is 0 Å². The van der Waals surface area contributed by atoms with Crippen LogP contribution in [0.5, 0.6) is 0 Å². The average Bonchev–Trinajstić information content (AvgIpc) is 3.31. The van der Waals surface area contributed by atoms with Crippen molar-refractivity contribution in [3.8, 4) is 11.4 Å². The Morgan fingerprint density at radius 1 is 0.950 bits per heavy atom. The van der Waals surface area contributed by atoms with Crippen LogP contribution < -0.4 is 5.32 Å². The molecule has 6 heteroatoms. The number of aromatic nitrogens is 3. The van der Waals surface area contributed by atoms with Gasteiger partial charge in [-0.05, 0) is 76.5 Å². The lowest BCUT2D eigenvalue weighted by Crippen LogP contribution is -2.25. The Morgan fingerprint density at radius 2 is 1.70 bits per heavy atom. The summed E-state index contributed by atoms with van der Waals surface area (Å²) in [6.45, 7) is 15.0. The van der Waals surface area contributed by atoms with Crippen LogP contribution in [-0.2, 0) is 6.54 Å². The second kappa shape index (κ2) is 12.4. The van der Waals surface area contributed by atoms with Gasteiger partial charge in [-0.3, -0.25) is 0 Å². The van der Waals surface area contributed by atoms with Crippen LogP contribution in [0, 0.1) is 13.8 Å². The van der Waals surface area contributed by atoms with Crippen molar-refractivity contribution in [2.45, 2.75) is 60.0 Å². The topological polar surface area (TPSA) is 46.0 Å². The van der Waals surface area contributed by atoms with E-state index in [1.54, 1.807) is 0 Å². The van der Waals surface area contributed by atoms with Crippen LogP contribution in [0.3, 0.4) is 0 Å². The fourth-order valence-electron chi connectivity index (χ4n) is 5.62. The van der Waals surface area contributed by atoms with E-state index in [0.717, 1.165) is 88.6 Å². The van der Waals surface area contributed by atoms with Crippen LogP contribution in [0.1, 0.15) is 50.3 Å². The molecule has 5 rings (SSSR count). The first kappa shape index (κ1) is 28.1. The van der Waals surface area contributed by atoms with Crippen molar-refractivity contribution in [2.24, 2.45) is 0 Å². The summed E-state index contributed by atoms with van der Waals surface area (Å²) >= 11 is 6.80. The molecule has 0 radical (unpaired) electrons. The maximum Gasteiger partial charge on any atom is 0.164 e. The molecule has 0 bridgehead atoms. The van der Waals surface area contributed by atoms with Crippen molar-refractivity contribution in [3.63, 3.8) is 0 Å².